The molecule has 1 fully saturated rings. The molecule has 0 bridgehead atoms. The zero-order valence-electron chi connectivity index (χ0n) is 10.1. The van der Waals surface area contributed by atoms with Crippen LogP contribution in [-0.2, 0) is 0 Å². The molecule has 0 saturated heterocycles. The first-order valence-electron chi connectivity index (χ1n) is 6.07. The van der Waals surface area contributed by atoms with Gasteiger partial charge >= 0.3 is 0 Å². The van der Waals surface area contributed by atoms with Gasteiger partial charge in [0.25, 0.3) is 5.91 Å². The lowest BCUT2D eigenvalue weighted by molar-refractivity contribution is 0.0900. The topological polar surface area (TPSA) is 75.3 Å². The highest BCUT2D eigenvalue weighted by molar-refractivity contribution is 5.97. The van der Waals surface area contributed by atoms with Crippen molar-refractivity contribution in [2.45, 2.75) is 31.2 Å². The number of amides is 1. The molecule has 1 saturated carbocycles. The van der Waals surface area contributed by atoms with Crippen LogP contribution in [0.15, 0.2) is 18.2 Å². The van der Waals surface area contributed by atoms with Crippen LogP contribution in [-0.4, -0.2) is 23.1 Å². The van der Waals surface area contributed by atoms with Gasteiger partial charge < -0.3 is 16.2 Å². The fourth-order valence-corrected chi connectivity index (χ4v) is 2.43. The summed E-state index contributed by atoms with van der Waals surface area (Å²) in [6, 6.07) is 3.32. The second kappa shape index (κ2) is 4.94. The molecule has 1 aromatic carbocycles. The molecular weight excluding hydrogens is 235 g/mol. The summed E-state index contributed by atoms with van der Waals surface area (Å²) in [6.07, 6.45) is 3.69. The first-order chi connectivity index (χ1) is 8.56. The average molecular weight is 252 g/mol. The van der Waals surface area contributed by atoms with E-state index < -0.39 is 17.3 Å². The van der Waals surface area contributed by atoms with E-state index in [2.05, 4.69) is 5.32 Å². The zero-order valence-corrected chi connectivity index (χ0v) is 10.1. The molecule has 0 aliphatic heterocycles. The number of hydrogen-bond donors (Lipinski definition) is 3. The molecule has 4 nitrogen and oxygen atoms in total. The van der Waals surface area contributed by atoms with Crippen LogP contribution < -0.4 is 11.1 Å². The van der Waals surface area contributed by atoms with Crippen molar-refractivity contribution in [3.05, 3.63) is 29.6 Å². The second-order valence-electron chi connectivity index (χ2n) is 4.81. The number of halogens is 1. The van der Waals surface area contributed by atoms with Crippen LogP contribution in [0.2, 0.25) is 0 Å². The second-order valence-corrected chi connectivity index (χ2v) is 4.81. The van der Waals surface area contributed by atoms with Gasteiger partial charge in [0.05, 0.1) is 11.1 Å². The van der Waals surface area contributed by atoms with E-state index in [1.54, 1.807) is 0 Å². The number of phenols is 1. The largest absolute Gasteiger partial charge is 0.507 e. The predicted octanol–water partition coefficient (Wildman–Crippen LogP) is 1.53. The summed E-state index contributed by atoms with van der Waals surface area (Å²) in [5, 5.41) is 12.4. The van der Waals surface area contributed by atoms with E-state index in [1.807, 2.05) is 0 Å². The van der Waals surface area contributed by atoms with Crippen molar-refractivity contribution < 1.29 is 14.3 Å². The van der Waals surface area contributed by atoms with Gasteiger partial charge in [-0.1, -0.05) is 12.8 Å². The number of benzene rings is 1. The maximum absolute atomic E-state index is 13.1. The SMILES string of the molecule is NCC1(NC(=O)c2cc(F)ccc2O)CCCC1. The standard InChI is InChI=1S/C13H17FN2O2/c14-9-3-4-11(17)10(7-9)12(18)16-13(8-15)5-1-2-6-13/h3-4,7,17H,1-2,5-6,8,15H2,(H,16,18). The monoisotopic (exact) mass is 252 g/mol. The van der Waals surface area contributed by atoms with E-state index in [4.69, 9.17) is 5.73 Å². The van der Waals surface area contributed by atoms with Gasteiger partial charge in [-0.05, 0) is 31.0 Å². The smallest absolute Gasteiger partial charge is 0.255 e. The lowest BCUT2D eigenvalue weighted by atomic mass is 9.97. The number of nitrogens with two attached hydrogens (primary N) is 1. The Kier molecular flexibility index (Phi) is 3.52. The molecule has 1 aromatic rings. The van der Waals surface area contributed by atoms with Gasteiger partial charge in [0.15, 0.2) is 0 Å². The van der Waals surface area contributed by atoms with Crippen LogP contribution >= 0.6 is 0 Å². The van der Waals surface area contributed by atoms with E-state index in [9.17, 15) is 14.3 Å². The first-order valence-corrected chi connectivity index (χ1v) is 6.07. The number of phenolic OH excluding ortho intramolecular Hbond substituents is 1. The Morgan fingerprint density at radius 1 is 1.44 bits per heavy atom. The van der Waals surface area contributed by atoms with Gasteiger partial charge in [-0.3, -0.25) is 4.79 Å². The summed E-state index contributed by atoms with van der Waals surface area (Å²) in [5.41, 5.74) is 5.26. The number of rotatable bonds is 3. The Bertz CT molecular complexity index is 456. The molecule has 5 heteroatoms. The van der Waals surface area contributed by atoms with Crippen LogP contribution in [0.1, 0.15) is 36.0 Å². The van der Waals surface area contributed by atoms with Crippen LogP contribution in [0.3, 0.4) is 0 Å². The fraction of sp³-hybridized carbons (Fsp3) is 0.462. The minimum atomic E-state index is -0.550. The van der Waals surface area contributed by atoms with Crippen molar-refractivity contribution in [3.8, 4) is 5.75 Å². The van der Waals surface area contributed by atoms with Crippen molar-refractivity contribution in [1.29, 1.82) is 0 Å². The van der Waals surface area contributed by atoms with Crippen molar-refractivity contribution in [2.24, 2.45) is 5.73 Å². The Labute approximate surface area is 105 Å². The summed E-state index contributed by atoms with van der Waals surface area (Å²) in [7, 11) is 0. The predicted molar refractivity (Wildman–Crippen MR) is 65.8 cm³/mol. The molecule has 4 N–H and O–H groups in total. The van der Waals surface area contributed by atoms with Gasteiger partial charge in [0.1, 0.15) is 11.6 Å². The lowest BCUT2D eigenvalue weighted by Crippen LogP contribution is -2.51. The van der Waals surface area contributed by atoms with E-state index >= 15 is 0 Å². The van der Waals surface area contributed by atoms with Crippen molar-refractivity contribution in [1.82, 2.24) is 5.32 Å². The first kappa shape index (κ1) is 12.8. The highest BCUT2D eigenvalue weighted by Gasteiger charge is 2.34. The van der Waals surface area contributed by atoms with Crippen LogP contribution in [0.25, 0.3) is 0 Å². The third-order valence-electron chi connectivity index (χ3n) is 3.53. The van der Waals surface area contributed by atoms with Crippen molar-refractivity contribution in [2.75, 3.05) is 6.54 Å². The zero-order chi connectivity index (χ0) is 13.2. The van der Waals surface area contributed by atoms with Gasteiger partial charge in [-0.25, -0.2) is 4.39 Å². The van der Waals surface area contributed by atoms with Gasteiger partial charge in [-0.2, -0.15) is 0 Å². The third-order valence-corrected chi connectivity index (χ3v) is 3.53. The Balaban J connectivity index is 2.18. The minimum Gasteiger partial charge on any atom is -0.507 e. The molecule has 18 heavy (non-hydrogen) atoms. The van der Waals surface area contributed by atoms with Crippen LogP contribution in [0.5, 0.6) is 5.75 Å². The van der Waals surface area contributed by atoms with Crippen molar-refractivity contribution >= 4 is 5.91 Å². The highest BCUT2D eigenvalue weighted by atomic mass is 19.1. The molecular formula is C13H17FN2O2. The maximum Gasteiger partial charge on any atom is 0.255 e. The minimum absolute atomic E-state index is 0.0466. The molecule has 0 heterocycles. The third kappa shape index (κ3) is 2.46. The quantitative estimate of drug-likeness (QED) is 0.763. The summed E-state index contributed by atoms with van der Waals surface area (Å²) in [5.74, 6) is -1.25. The Morgan fingerprint density at radius 3 is 2.72 bits per heavy atom. The number of carbonyl (C=O) groups is 1. The molecule has 1 amide bonds. The van der Waals surface area contributed by atoms with Gasteiger partial charge in [-0.15, -0.1) is 0 Å². The molecule has 1 aliphatic carbocycles. The number of hydrogen-bond acceptors (Lipinski definition) is 3. The molecule has 1 aliphatic rings. The van der Waals surface area contributed by atoms with E-state index in [-0.39, 0.29) is 11.3 Å². The lowest BCUT2D eigenvalue weighted by Gasteiger charge is -2.28. The molecule has 0 radical (unpaired) electrons. The maximum atomic E-state index is 13.1. The molecule has 0 spiro atoms. The Morgan fingerprint density at radius 2 is 2.11 bits per heavy atom. The summed E-state index contributed by atoms with van der Waals surface area (Å²) in [4.78, 5) is 12.0. The Hall–Kier alpha value is -1.62. The van der Waals surface area contributed by atoms with E-state index in [0.29, 0.717) is 6.54 Å². The van der Waals surface area contributed by atoms with Crippen LogP contribution in [0, 0.1) is 5.82 Å². The average Bonchev–Trinajstić information content (AvgIpc) is 2.81. The molecule has 2 rings (SSSR count). The normalized spacial score (nSPS) is 17.7. The number of carbonyl (C=O) groups excluding carboxylic acids is 1. The molecule has 98 valence electrons. The van der Waals surface area contributed by atoms with Gasteiger partial charge in [0, 0.05) is 6.54 Å². The summed E-state index contributed by atoms with van der Waals surface area (Å²) >= 11 is 0. The molecule has 0 aromatic heterocycles. The van der Waals surface area contributed by atoms with Gasteiger partial charge in [0.2, 0.25) is 0 Å². The summed E-state index contributed by atoms with van der Waals surface area (Å²) in [6.45, 7) is 0.356. The highest BCUT2D eigenvalue weighted by Crippen LogP contribution is 2.29. The van der Waals surface area contributed by atoms with E-state index in [0.717, 1.165) is 37.8 Å². The van der Waals surface area contributed by atoms with E-state index in [1.165, 1.54) is 6.07 Å². The molecule has 0 atom stereocenters. The summed E-state index contributed by atoms with van der Waals surface area (Å²) < 4.78 is 13.1. The number of nitrogens with one attached hydrogen (secondary N) is 1. The fourth-order valence-electron chi connectivity index (χ4n) is 2.43. The van der Waals surface area contributed by atoms with Crippen molar-refractivity contribution in [3.63, 3.8) is 0 Å². The molecule has 0 unspecified atom stereocenters. The van der Waals surface area contributed by atoms with Crippen LogP contribution in [0.4, 0.5) is 4.39 Å². The number of aromatic hydroxyl groups is 1.